The quantitative estimate of drug-likeness (QED) is 0.854. The second-order valence-electron chi connectivity index (χ2n) is 6.39. The molecule has 0 spiro atoms. The number of nitrogens with zero attached hydrogens (tertiary/aromatic N) is 2. The van der Waals surface area contributed by atoms with Crippen LogP contribution in [0.15, 0.2) is 23.4 Å². The second-order valence-corrected chi connectivity index (χ2v) is 6.39. The van der Waals surface area contributed by atoms with Crippen molar-refractivity contribution in [1.29, 1.82) is 0 Å². The van der Waals surface area contributed by atoms with Crippen molar-refractivity contribution < 1.29 is 9.90 Å². The molecule has 2 aliphatic rings. The van der Waals surface area contributed by atoms with E-state index in [1.54, 1.807) is 4.90 Å². The highest BCUT2D eigenvalue weighted by Crippen LogP contribution is 2.42. The van der Waals surface area contributed by atoms with Gasteiger partial charge in [-0.15, -0.1) is 0 Å². The normalized spacial score (nSPS) is 22.2. The molecule has 1 aliphatic carbocycles. The molecule has 1 fully saturated rings. The van der Waals surface area contributed by atoms with E-state index in [-0.39, 0.29) is 12.6 Å². The number of carboxylic acid groups (broad SMARTS) is 1. The minimum Gasteiger partial charge on any atom is -0.465 e. The van der Waals surface area contributed by atoms with Crippen molar-refractivity contribution >= 4 is 6.09 Å². The second kappa shape index (κ2) is 6.46. The molecule has 1 aliphatic heterocycles. The number of carbonyl (C=O) groups is 1. The lowest BCUT2D eigenvalue weighted by Crippen LogP contribution is -2.43. The minimum absolute atomic E-state index is 0.0619. The first-order valence-corrected chi connectivity index (χ1v) is 8.11. The molecule has 3 rings (SSSR count). The van der Waals surface area contributed by atoms with Gasteiger partial charge in [0.05, 0.1) is 6.04 Å². The first kappa shape index (κ1) is 15.0. The van der Waals surface area contributed by atoms with Gasteiger partial charge in [0.2, 0.25) is 0 Å². The molecule has 1 saturated carbocycles. The van der Waals surface area contributed by atoms with Crippen molar-refractivity contribution in [2.24, 2.45) is 11.1 Å². The number of fused-ring (bicyclic) bond motifs is 1. The standard InChI is InChI=1S/C17H22N2O3/c20-17(21)19-9-8-13-7-6-12(11-18-22)10-15(13)16(19)14-4-2-1-3-5-14/h6-7,10,14,16H,1-5,8-9,11H2,(H,20,21). The average molecular weight is 302 g/mol. The zero-order valence-electron chi connectivity index (χ0n) is 12.7. The molecule has 1 unspecified atom stereocenters. The van der Waals surface area contributed by atoms with Crippen molar-refractivity contribution in [2.75, 3.05) is 6.54 Å². The van der Waals surface area contributed by atoms with E-state index in [4.69, 9.17) is 0 Å². The van der Waals surface area contributed by atoms with E-state index in [9.17, 15) is 14.8 Å². The Balaban J connectivity index is 1.99. The molecule has 5 nitrogen and oxygen atoms in total. The SMILES string of the molecule is O=NCc1ccc2c(c1)C(C1CCCCC1)N(C(=O)O)CC2. The van der Waals surface area contributed by atoms with E-state index < -0.39 is 6.09 Å². The van der Waals surface area contributed by atoms with Crippen LogP contribution in [-0.2, 0) is 13.0 Å². The summed E-state index contributed by atoms with van der Waals surface area (Å²) in [5.41, 5.74) is 3.20. The van der Waals surface area contributed by atoms with E-state index in [1.165, 1.54) is 24.8 Å². The molecule has 0 radical (unpaired) electrons. The van der Waals surface area contributed by atoms with E-state index in [1.807, 2.05) is 18.2 Å². The van der Waals surface area contributed by atoms with Crippen molar-refractivity contribution in [3.05, 3.63) is 39.8 Å². The van der Waals surface area contributed by atoms with Gasteiger partial charge in [-0.2, -0.15) is 4.91 Å². The molecule has 5 heteroatoms. The maximum atomic E-state index is 11.7. The van der Waals surface area contributed by atoms with Gasteiger partial charge >= 0.3 is 6.09 Å². The van der Waals surface area contributed by atoms with E-state index in [0.29, 0.717) is 12.5 Å². The van der Waals surface area contributed by atoms with Gasteiger partial charge in [-0.25, -0.2) is 4.79 Å². The van der Waals surface area contributed by atoms with Crippen LogP contribution in [0.5, 0.6) is 0 Å². The molecular weight excluding hydrogens is 280 g/mol. The Morgan fingerprint density at radius 1 is 1.27 bits per heavy atom. The van der Waals surface area contributed by atoms with E-state index in [0.717, 1.165) is 30.4 Å². The Morgan fingerprint density at radius 2 is 2.05 bits per heavy atom. The number of nitroso groups, excluding NO2 is 1. The van der Waals surface area contributed by atoms with Crippen LogP contribution >= 0.6 is 0 Å². The third-order valence-electron chi connectivity index (χ3n) is 5.08. The van der Waals surface area contributed by atoms with E-state index in [2.05, 4.69) is 5.18 Å². The Morgan fingerprint density at radius 3 is 2.73 bits per heavy atom. The van der Waals surface area contributed by atoms with Crippen LogP contribution in [0.1, 0.15) is 54.8 Å². The zero-order valence-corrected chi connectivity index (χ0v) is 12.7. The molecule has 1 atom stereocenters. The molecule has 1 heterocycles. The summed E-state index contributed by atoms with van der Waals surface area (Å²) in [5, 5.41) is 12.6. The van der Waals surface area contributed by atoms with Crippen molar-refractivity contribution in [3.63, 3.8) is 0 Å². The van der Waals surface area contributed by atoms with Gasteiger partial charge in [0.25, 0.3) is 0 Å². The summed E-state index contributed by atoms with van der Waals surface area (Å²) in [4.78, 5) is 23.8. The first-order chi connectivity index (χ1) is 10.7. The van der Waals surface area contributed by atoms with Crippen LogP contribution in [0.25, 0.3) is 0 Å². The zero-order chi connectivity index (χ0) is 15.5. The van der Waals surface area contributed by atoms with Crippen molar-refractivity contribution in [1.82, 2.24) is 4.90 Å². The fourth-order valence-corrected chi connectivity index (χ4v) is 4.04. The average Bonchev–Trinajstić information content (AvgIpc) is 2.54. The Kier molecular flexibility index (Phi) is 4.41. The lowest BCUT2D eigenvalue weighted by Gasteiger charge is -2.41. The van der Waals surface area contributed by atoms with Gasteiger partial charge in [0.1, 0.15) is 6.54 Å². The lowest BCUT2D eigenvalue weighted by atomic mass is 9.77. The topological polar surface area (TPSA) is 70.0 Å². The van der Waals surface area contributed by atoms with Crippen LogP contribution in [-0.4, -0.2) is 22.6 Å². The van der Waals surface area contributed by atoms with Gasteiger partial charge in [-0.05, 0) is 41.9 Å². The third-order valence-corrected chi connectivity index (χ3v) is 5.08. The molecule has 118 valence electrons. The highest BCUT2D eigenvalue weighted by atomic mass is 16.4. The first-order valence-electron chi connectivity index (χ1n) is 8.11. The summed E-state index contributed by atoms with van der Waals surface area (Å²) in [7, 11) is 0. The summed E-state index contributed by atoms with van der Waals surface area (Å²) in [6.45, 7) is 0.715. The van der Waals surface area contributed by atoms with Crippen LogP contribution in [0.3, 0.4) is 0 Å². The van der Waals surface area contributed by atoms with Crippen molar-refractivity contribution in [3.8, 4) is 0 Å². The fraction of sp³-hybridized carbons (Fsp3) is 0.588. The number of rotatable bonds is 3. The molecular formula is C17H22N2O3. The molecule has 22 heavy (non-hydrogen) atoms. The number of benzene rings is 1. The van der Waals surface area contributed by atoms with Gasteiger partial charge in [-0.1, -0.05) is 42.6 Å². The largest absolute Gasteiger partial charge is 0.465 e. The Bertz CT molecular complexity index is 567. The van der Waals surface area contributed by atoms with Gasteiger partial charge in [-0.3, -0.25) is 0 Å². The van der Waals surface area contributed by atoms with Crippen LogP contribution in [0, 0.1) is 10.8 Å². The summed E-state index contributed by atoms with van der Waals surface area (Å²) >= 11 is 0. The predicted molar refractivity (Wildman–Crippen MR) is 83.7 cm³/mol. The van der Waals surface area contributed by atoms with Crippen molar-refractivity contribution in [2.45, 2.75) is 51.1 Å². The monoisotopic (exact) mass is 302 g/mol. The summed E-state index contributed by atoms with van der Waals surface area (Å²) < 4.78 is 0. The fourth-order valence-electron chi connectivity index (χ4n) is 4.04. The van der Waals surface area contributed by atoms with Crippen LogP contribution in [0.2, 0.25) is 0 Å². The number of amides is 1. The molecule has 1 aromatic rings. The predicted octanol–water partition coefficient (Wildman–Crippen LogP) is 4.11. The van der Waals surface area contributed by atoms with Crippen LogP contribution < -0.4 is 0 Å². The lowest BCUT2D eigenvalue weighted by molar-refractivity contribution is 0.0873. The highest BCUT2D eigenvalue weighted by molar-refractivity contribution is 5.66. The van der Waals surface area contributed by atoms with Crippen LogP contribution in [0.4, 0.5) is 4.79 Å². The molecule has 1 aromatic carbocycles. The summed E-state index contributed by atoms with van der Waals surface area (Å²) in [6, 6.07) is 5.93. The minimum atomic E-state index is -0.833. The van der Waals surface area contributed by atoms with Gasteiger partial charge < -0.3 is 10.0 Å². The van der Waals surface area contributed by atoms with Gasteiger partial charge in [0, 0.05) is 6.54 Å². The highest BCUT2D eigenvalue weighted by Gasteiger charge is 2.36. The molecule has 0 aromatic heterocycles. The summed E-state index contributed by atoms with van der Waals surface area (Å²) in [5.74, 6) is 0.392. The summed E-state index contributed by atoms with van der Waals surface area (Å²) in [6.07, 6.45) is 5.70. The Hall–Kier alpha value is -1.91. The number of hydrogen-bond acceptors (Lipinski definition) is 3. The molecule has 0 saturated heterocycles. The Labute approximate surface area is 130 Å². The smallest absolute Gasteiger partial charge is 0.407 e. The third kappa shape index (κ3) is 2.85. The number of hydrogen-bond donors (Lipinski definition) is 1. The molecule has 0 bridgehead atoms. The maximum absolute atomic E-state index is 11.7. The maximum Gasteiger partial charge on any atom is 0.407 e. The molecule has 1 amide bonds. The molecule has 1 N–H and O–H groups in total. The van der Waals surface area contributed by atoms with E-state index >= 15 is 0 Å². The van der Waals surface area contributed by atoms with Gasteiger partial charge in [0.15, 0.2) is 0 Å².